The van der Waals surface area contributed by atoms with E-state index in [2.05, 4.69) is 67.4 Å². The van der Waals surface area contributed by atoms with Crippen molar-refractivity contribution >= 4 is 23.1 Å². The third-order valence-electron chi connectivity index (χ3n) is 5.40. The standard InChI is InChI=1S/C26H36N2O2S/c1-5-13-28(14-6-2)24-11-10-22(16-20(24)3)27-18-21-9-12-25(26(17-21)29-4)30-19-23-8-7-15-31-23/h8-12,16-17,27H,5-7,13-15,18-19H2,1-4H3. The van der Waals surface area contributed by atoms with Gasteiger partial charge in [0.25, 0.3) is 0 Å². The van der Waals surface area contributed by atoms with Crippen molar-refractivity contribution < 1.29 is 9.47 Å². The van der Waals surface area contributed by atoms with Gasteiger partial charge in [-0.05, 0) is 67.6 Å². The fraction of sp³-hybridized carbons (Fsp3) is 0.462. The fourth-order valence-electron chi connectivity index (χ4n) is 3.88. The molecular formula is C26H36N2O2S. The Morgan fingerprint density at radius 1 is 1.03 bits per heavy atom. The van der Waals surface area contributed by atoms with Gasteiger partial charge in [0, 0.05) is 41.7 Å². The lowest BCUT2D eigenvalue weighted by Gasteiger charge is -2.26. The van der Waals surface area contributed by atoms with Crippen LogP contribution in [-0.4, -0.2) is 32.6 Å². The van der Waals surface area contributed by atoms with E-state index in [0.717, 1.165) is 61.8 Å². The second kappa shape index (κ2) is 11.9. The molecule has 0 aliphatic carbocycles. The third-order valence-corrected chi connectivity index (χ3v) is 6.49. The van der Waals surface area contributed by atoms with Crippen LogP contribution in [0.5, 0.6) is 11.5 Å². The molecule has 0 radical (unpaired) electrons. The number of nitrogens with zero attached hydrogens (tertiary/aromatic N) is 1. The summed E-state index contributed by atoms with van der Waals surface area (Å²) in [5.41, 5.74) is 4.96. The molecule has 0 spiro atoms. The first-order chi connectivity index (χ1) is 15.1. The fourth-order valence-corrected chi connectivity index (χ4v) is 4.75. The predicted octanol–water partition coefficient (Wildman–Crippen LogP) is 6.64. The SMILES string of the molecule is CCCN(CCC)c1ccc(NCc2ccc(OCC3=CCCS3)c(OC)c2)cc1C. The number of rotatable bonds is 12. The van der Waals surface area contributed by atoms with Crippen LogP contribution >= 0.6 is 11.8 Å². The molecule has 0 bridgehead atoms. The van der Waals surface area contributed by atoms with E-state index in [9.17, 15) is 0 Å². The molecule has 4 nitrogen and oxygen atoms in total. The second-order valence-electron chi connectivity index (χ2n) is 7.92. The highest BCUT2D eigenvalue weighted by Gasteiger charge is 2.11. The van der Waals surface area contributed by atoms with Gasteiger partial charge in [-0.2, -0.15) is 0 Å². The first-order valence-corrected chi connectivity index (χ1v) is 12.3. The Bertz CT molecular complexity index is 876. The van der Waals surface area contributed by atoms with E-state index in [4.69, 9.17) is 9.47 Å². The Kier molecular flexibility index (Phi) is 9.01. The number of hydrogen-bond acceptors (Lipinski definition) is 5. The summed E-state index contributed by atoms with van der Waals surface area (Å²) in [7, 11) is 1.70. The van der Waals surface area contributed by atoms with Crippen LogP contribution in [0.25, 0.3) is 0 Å². The van der Waals surface area contributed by atoms with E-state index in [0.29, 0.717) is 6.61 Å². The van der Waals surface area contributed by atoms with Crippen molar-refractivity contribution in [2.75, 3.05) is 42.8 Å². The number of hydrogen-bond donors (Lipinski definition) is 1. The molecular weight excluding hydrogens is 404 g/mol. The minimum absolute atomic E-state index is 0.622. The minimum Gasteiger partial charge on any atom is -0.493 e. The van der Waals surface area contributed by atoms with Crippen molar-refractivity contribution in [1.82, 2.24) is 0 Å². The summed E-state index contributed by atoms with van der Waals surface area (Å²) in [5.74, 6) is 2.74. The maximum Gasteiger partial charge on any atom is 0.161 e. The van der Waals surface area contributed by atoms with Crippen molar-refractivity contribution in [3.8, 4) is 11.5 Å². The van der Waals surface area contributed by atoms with Crippen LogP contribution in [0, 0.1) is 6.92 Å². The predicted molar refractivity (Wildman–Crippen MR) is 135 cm³/mol. The quantitative estimate of drug-likeness (QED) is 0.400. The lowest BCUT2D eigenvalue weighted by Crippen LogP contribution is -2.25. The maximum atomic E-state index is 5.98. The summed E-state index contributed by atoms with van der Waals surface area (Å²) in [6.07, 6.45) is 5.72. The van der Waals surface area contributed by atoms with Crippen molar-refractivity contribution in [1.29, 1.82) is 0 Å². The molecule has 2 aromatic carbocycles. The van der Waals surface area contributed by atoms with Crippen LogP contribution in [-0.2, 0) is 6.54 Å². The van der Waals surface area contributed by atoms with E-state index in [1.54, 1.807) is 7.11 Å². The number of benzene rings is 2. The molecule has 0 atom stereocenters. The Labute approximate surface area is 192 Å². The minimum atomic E-state index is 0.622. The van der Waals surface area contributed by atoms with Gasteiger partial charge in [0.1, 0.15) is 6.61 Å². The Morgan fingerprint density at radius 3 is 2.48 bits per heavy atom. The highest BCUT2D eigenvalue weighted by atomic mass is 32.2. The zero-order valence-corrected chi connectivity index (χ0v) is 20.2. The molecule has 0 unspecified atom stereocenters. The molecule has 31 heavy (non-hydrogen) atoms. The molecule has 1 N–H and O–H groups in total. The molecule has 0 aromatic heterocycles. The lowest BCUT2D eigenvalue weighted by molar-refractivity contribution is 0.324. The summed E-state index contributed by atoms with van der Waals surface area (Å²) < 4.78 is 11.6. The maximum absolute atomic E-state index is 5.98. The van der Waals surface area contributed by atoms with Gasteiger partial charge in [-0.1, -0.05) is 26.0 Å². The van der Waals surface area contributed by atoms with Crippen molar-refractivity contribution in [2.24, 2.45) is 0 Å². The number of thioether (sulfide) groups is 1. The summed E-state index contributed by atoms with van der Waals surface area (Å²) in [6.45, 7) is 10.2. The summed E-state index contributed by atoms with van der Waals surface area (Å²) in [4.78, 5) is 3.80. The molecule has 0 fully saturated rings. The average Bonchev–Trinajstić information content (AvgIpc) is 3.30. The second-order valence-corrected chi connectivity index (χ2v) is 9.14. The molecule has 1 aliphatic heterocycles. The van der Waals surface area contributed by atoms with Crippen molar-refractivity contribution in [3.63, 3.8) is 0 Å². The third kappa shape index (κ3) is 6.60. The van der Waals surface area contributed by atoms with Crippen LogP contribution in [0.15, 0.2) is 47.4 Å². The van der Waals surface area contributed by atoms with E-state index >= 15 is 0 Å². The summed E-state index contributed by atoms with van der Waals surface area (Å²) >= 11 is 1.88. The van der Waals surface area contributed by atoms with Gasteiger partial charge in [0.2, 0.25) is 0 Å². The average molecular weight is 441 g/mol. The van der Waals surface area contributed by atoms with Gasteiger partial charge in [-0.15, -0.1) is 11.8 Å². The first-order valence-electron chi connectivity index (χ1n) is 11.4. The molecule has 1 heterocycles. The van der Waals surface area contributed by atoms with Gasteiger partial charge in [0.05, 0.1) is 7.11 Å². The largest absolute Gasteiger partial charge is 0.493 e. The van der Waals surface area contributed by atoms with Crippen LogP contribution in [0.2, 0.25) is 0 Å². The smallest absolute Gasteiger partial charge is 0.161 e. The summed E-state index contributed by atoms with van der Waals surface area (Å²) in [5, 5.41) is 3.55. The Balaban J connectivity index is 1.61. The van der Waals surface area contributed by atoms with E-state index in [1.165, 1.54) is 21.7 Å². The van der Waals surface area contributed by atoms with E-state index in [1.807, 2.05) is 17.8 Å². The first kappa shape index (κ1) is 23.4. The van der Waals surface area contributed by atoms with Gasteiger partial charge < -0.3 is 19.7 Å². The monoisotopic (exact) mass is 440 g/mol. The van der Waals surface area contributed by atoms with Crippen molar-refractivity contribution in [2.45, 2.75) is 46.6 Å². The molecule has 0 saturated heterocycles. The van der Waals surface area contributed by atoms with E-state index in [-0.39, 0.29) is 0 Å². The topological polar surface area (TPSA) is 33.7 Å². The van der Waals surface area contributed by atoms with E-state index < -0.39 is 0 Å². The number of anilines is 2. The number of nitrogens with one attached hydrogen (secondary N) is 1. The number of ether oxygens (including phenoxy) is 2. The molecule has 1 aliphatic rings. The number of allylic oxidation sites excluding steroid dienone is 1. The molecule has 0 amide bonds. The van der Waals surface area contributed by atoms with Crippen LogP contribution in [0.1, 0.15) is 44.2 Å². The lowest BCUT2D eigenvalue weighted by atomic mass is 10.1. The van der Waals surface area contributed by atoms with Crippen molar-refractivity contribution in [3.05, 3.63) is 58.5 Å². The normalized spacial score (nSPS) is 13.1. The molecule has 5 heteroatoms. The Hall–Kier alpha value is -2.27. The molecule has 168 valence electrons. The molecule has 2 aromatic rings. The highest BCUT2D eigenvalue weighted by Crippen LogP contribution is 2.31. The number of methoxy groups -OCH3 is 1. The van der Waals surface area contributed by atoms with Crippen LogP contribution in [0.4, 0.5) is 11.4 Å². The van der Waals surface area contributed by atoms with Crippen LogP contribution < -0.4 is 19.7 Å². The Morgan fingerprint density at radius 2 is 1.84 bits per heavy atom. The number of aryl methyl sites for hydroxylation is 1. The zero-order chi connectivity index (χ0) is 22.1. The van der Waals surface area contributed by atoms with Gasteiger partial charge >= 0.3 is 0 Å². The van der Waals surface area contributed by atoms with Gasteiger partial charge in [-0.25, -0.2) is 0 Å². The van der Waals surface area contributed by atoms with Crippen LogP contribution in [0.3, 0.4) is 0 Å². The molecule has 0 saturated carbocycles. The van der Waals surface area contributed by atoms with Gasteiger partial charge in [-0.3, -0.25) is 0 Å². The molecule has 3 rings (SSSR count). The highest BCUT2D eigenvalue weighted by molar-refractivity contribution is 8.03. The zero-order valence-electron chi connectivity index (χ0n) is 19.4. The van der Waals surface area contributed by atoms with Gasteiger partial charge in [0.15, 0.2) is 11.5 Å². The summed E-state index contributed by atoms with van der Waals surface area (Å²) in [6, 6.07) is 12.8.